The van der Waals surface area contributed by atoms with Crippen LogP contribution in [0, 0.1) is 12.3 Å². The van der Waals surface area contributed by atoms with Crippen molar-refractivity contribution >= 4 is 16.2 Å². The number of sulfonamides is 1. The summed E-state index contributed by atoms with van der Waals surface area (Å²) in [6, 6.07) is 24.0. The van der Waals surface area contributed by atoms with Crippen molar-refractivity contribution in [1.29, 1.82) is 0 Å². The number of benzene rings is 3. The zero-order chi connectivity index (χ0) is 19.8. The topological polar surface area (TPSA) is 58.5 Å². The molecule has 5 heteroatoms. The molecule has 4 nitrogen and oxygen atoms in total. The van der Waals surface area contributed by atoms with Gasteiger partial charge < -0.3 is 0 Å². The molecule has 0 heterocycles. The molecule has 1 N–H and O–H groups in total. The lowest BCUT2D eigenvalue weighted by atomic mass is 9.86. The molecule has 1 fully saturated rings. The van der Waals surface area contributed by atoms with Crippen molar-refractivity contribution in [2.45, 2.75) is 29.6 Å². The van der Waals surface area contributed by atoms with Crippen LogP contribution in [-0.2, 0) is 10.0 Å². The zero-order valence-electron chi connectivity index (χ0n) is 15.9. The molecular formula is C24H20N2O2S. The molecule has 0 saturated heterocycles. The molecule has 0 aliphatic heterocycles. The predicted octanol–water partition coefficient (Wildman–Crippen LogP) is 4.29. The summed E-state index contributed by atoms with van der Waals surface area (Å²) >= 11 is 0. The van der Waals surface area contributed by atoms with Crippen LogP contribution >= 0.6 is 0 Å². The van der Waals surface area contributed by atoms with E-state index >= 15 is 0 Å². The van der Waals surface area contributed by atoms with Gasteiger partial charge in [-0.05, 0) is 41.3 Å². The highest BCUT2D eigenvalue weighted by molar-refractivity contribution is 7.89. The third-order valence-electron chi connectivity index (χ3n) is 6.88. The Morgan fingerprint density at radius 2 is 1.34 bits per heavy atom. The number of hydrogen-bond acceptors (Lipinski definition) is 3. The van der Waals surface area contributed by atoms with Crippen LogP contribution in [0.25, 0.3) is 0 Å². The van der Waals surface area contributed by atoms with Crippen molar-refractivity contribution in [3.05, 3.63) is 101 Å². The Morgan fingerprint density at radius 3 is 1.90 bits per heavy atom. The third kappa shape index (κ3) is 2.14. The first-order valence-electron chi connectivity index (χ1n) is 9.84. The molecule has 1 saturated carbocycles. The van der Waals surface area contributed by atoms with Gasteiger partial charge in [0.1, 0.15) is 0 Å². The Kier molecular flexibility index (Phi) is 3.26. The summed E-state index contributed by atoms with van der Waals surface area (Å²) in [6.07, 6.45) is 1.87. The summed E-state index contributed by atoms with van der Waals surface area (Å²) in [5, 5.41) is 4.28. The Balaban J connectivity index is 1.36. The van der Waals surface area contributed by atoms with Crippen LogP contribution in [0.4, 0.5) is 0 Å². The van der Waals surface area contributed by atoms with E-state index in [1.54, 1.807) is 24.3 Å². The van der Waals surface area contributed by atoms with E-state index in [4.69, 9.17) is 0 Å². The molecule has 0 radical (unpaired) electrons. The molecule has 144 valence electrons. The number of nitrogens with zero attached hydrogens (tertiary/aromatic N) is 1. The minimum Gasteiger partial charge on any atom is -0.200 e. The summed E-state index contributed by atoms with van der Waals surface area (Å²) < 4.78 is 25.3. The van der Waals surface area contributed by atoms with Crippen molar-refractivity contribution in [1.82, 2.24) is 4.83 Å². The van der Waals surface area contributed by atoms with E-state index in [0.29, 0.717) is 11.8 Å². The van der Waals surface area contributed by atoms with Crippen molar-refractivity contribution in [3.63, 3.8) is 0 Å². The predicted molar refractivity (Wildman–Crippen MR) is 113 cm³/mol. The number of nitrogens with one attached hydrogen (secondary N) is 1. The van der Waals surface area contributed by atoms with Crippen LogP contribution in [0.15, 0.2) is 82.8 Å². The Hall–Kier alpha value is -2.92. The molecule has 0 amide bonds. The maximum absolute atomic E-state index is 12.6. The van der Waals surface area contributed by atoms with Crippen LogP contribution in [0.5, 0.6) is 0 Å². The van der Waals surface area contributed by atoms with E-state index in [2.05, 4.69) is 58.5 Å². The summed E-state index contributed by atoms with van der Waals surface area (Å²) in [5.74, 6) is 1.01. The molecule has 0 bridgehead atoms. The lowest BCUT2D eigenvalue weighted by Crippen LogP contribution is -2.21. The minimum atomic E-state index is -3.67. The summed E-state index contributed by atoms with van der Waals surface area (Å²) in [5.41, 5.74) is 6.34. The quantitative estimate of drug-likeness (QED) is 0.525. The molecule has 3 aromatic carbocycles. The van der Waals surface area contributed by atoms with E-state index < -0.39 is 10.0 Å². The molecule has 29 heavy (non-hydrogen) atoms. The summed E-state index contributed by atoms with van der Waals surface area (Å²) in [6.45, 7) is 1.93. The fourth-order valence-electron chi connectivity index (χ4n) is 5.72. The van der Waals surface area contributed by atoms with Gasteiger partial charge >= 0.3 is 0 Å². The SMILES string of the molecule is Cc1ccc(S(=O)(=O)NN=CC23C4c5ccccc5[C@H]2[C@@H]3c2ccccc24)cc1. The van der Waals surface area contributed by atoms with Crippen molar-refractivity contribution in [2.24, 2.45) is 10.5 Å². The van der Waals surface area contributed by atoms with E-state index in [1.807, 2.05) is 13.1 Å². The zero-order valence-corrected chi connectivity index (χ0v) is 16.7. The largest absolute Gasteiger partial charge is 0.276 e. The number of rotatable bonds is 4. The van der Waals surface area contributed by atoms with Gasteiger partial charge in [0.25, 0.3) is 10.0 Å². The van der Waals surface area contributed by atoms with Gasteiger partial charge in [-0.1, -0.05) is 66.2 Å². The third-order valence-corrected chi connectivity index (χ3v) is 8.12. The summed E-state index contributed by atoms with van der Waals surface area (Å²) in [4.78, 5) is 2.67. The monoisotopic (exact) mass is 400 g/mol. The molecule has 2 atom stereocenters. The van der Waals surface area contributed by atoms with Crippen molar-refractivity contribution in [2.75, 3.05) is 0 Å². The Bertz CT molecular complexity index is 1220. The van der Waals surface area contributed by atoms with Gasteiger partial charge in [0, 0.05) is 29.4 Å². The minimum absolute atomic E-state index is 0.150. The molecule has 3 aliphatic carbocycles. The van der Waals surface area contributed by atoms with Gasteiger partial charge in [-0.15, -0.1) is 0 Å². The van der Waals surface area contributed by atoms with Crippen LogP contribution in [0.3, 0.4) is 0 Å². The average Bonchev–Trinajstić information content (AvgIpc) is 3.21. The highest BCUT2D eigenvalue weighted by Gasteiger charge is 2.77. The van der Waals surface area contributed by atoms with Crippen molar-refractivity contribution < 1.29 is 8.42 Å². The molecule has 3 aliphatic rings. The van der Waals surface area contributed by atoms with Crippen molar-refractivity contribution in [3.8, 4) is 0 Å². The Labute approximate surface area is 170 Å². The maximum Gasteiger partial charge on any atom is 0.276 e. The first-order chi connectivity index (χ1) is 14.0. The van der Waals surface area contributed by atoms with Gasteiger partial charge in [-0.3, -0.25) is 0 Å². The highest BCUT2D eigenvalue weighted by Crippen LogP contribution is 2.85. The number of hydrogen-bond donors (Lipinski definition) is 1. The van der Waals surface area contributed by atoms with Gasteiger partial charge in [-0.25, -0.2) is 4.83 Å². The lowest BCUT2D eigenvalue weighted by molar-refractivity contribution is 0.582. The average molecular weight is 401 g/mol. The molecular weight excluding hydrogens is 380 g/mol. The van der Waals surface area contributed by atoms with Crippen LogP contribution in [-0.4, -0.2) is 14.6 Å². The fourth-order valence-corrected chi connectivity index (χ4v) is 6.51. The molecule has 3 aromatic rings. The van der Waals surface area contributed by atoms with E-state index in [9.17, 15) is 8.42 Å². The Morgan fingerprint density at radius 1 is 0.828 bits per heavy atom. The smallest absolute Gasteiger partial charge is 0.200 e. The molecule has 0 unspecified atom stereocenters. The maximum atomic E-state index is 12.6. The second kappa shape index (κ2) is 5.57. The van der Waals surface area contributed by atoms with E-state index in [0.717, 1.165) is 5.56 Å². The molecule has 6 rings (SSSR count). The van der Waals surface area contributed by atoms with Gasteiger partial charge in [0.05, 0.1) is 4.90 Å². The normalized spacial score (nSPS) is 28.1. The second-order valence-electron chi connectivity index (χ2n) is 8.31. The number of aryl methyl sites for hydroxylation is 1. The van der Waals surface area contributed by atoms with Gasteiger partial charge in [0.2, 0.25) is 0 Å². The van der Waals surface area contributed by atoms with E-state index in [1.165, 1.54) is 22.3 Å². The van der Waals surface area contributed by atoms with Crippen LogP contribution in [0.2, 0.25) is 0 Å². The first-order valence-corrected chi connectivity index (χ1v) is 11.3. The van der Waals surface area contributed by atoms with E-state index in [-0.39, 0.29) is 16.2 Å². The fraction of sp³-hybridized carbons (Fsp3) is 0.208. The van der Waals surface area contributed by atoms with Crippen LogP contribution < -0.4 is 4.83 Å². The highest BCUT2D eigenvalue weighted by atomic mass is 32.2. The summed E-state index contributed by atoms with van der Waals surface area (Å²) in [7, 11) is -3.67. The van der Waals surface area contributed by atoms with Gasteiger partial charge in [-0.2, -0.15) is 13.5 Å². The van der Waals surface area contributed by atoms with Gasteiger partial charge in [0.15, 0.2) is 0 Å². The first kappa shape index (κ1) is 17.0. The number of fused-ring (bicyclic) bond motifs is 7. The molecule has 0 aromatic heterocycles. The lowest BCUT2D eigenvalue weighted by Gasteiger charge is -2.17. The number of hydrazone groups is 1. The second-order valence-corrected chi connectivity index (χ2v) is 9.97. The van der Waals surface area contributed by atoms with Crippen LogP contribution in [0.1, 0.15) is 45.6 Å². The molecule has 0 spiro atoms. The standard InChI is InChI=1S/C24H20N2O2S/c1-15-10-12-16(13-11-15)29(27,28)26-25-14-24-21-17-6-2-4-8-19(17)22(24)23(24)20-9-5-3-7-18(20)21/h2-14,21-23,26H,1H3/t21?,22-,23-,24?/m0/s1.